The highest BCUT2D eigenvalue weighted by Gasteiger charge is 2.43. The van der Waals surface area contributed by atoms with Crippen LogP contribution >= 0.6 is 0 Å². The Hall–Kier alpha value is -1.27. The lowest BCUT2D eigenvalue weighted by atomic mass is 10.0. The molecule has 1 aliphatic carbocycles. The maximum Gasteiger partial charge on any atom is 0.406 e. The largest absolute Gasteiger partial charge is 0.406 e. The van der Waals surface area contributed by atoms with Crippen LogP contribution in [0, 0.1) is 11.8 Å². The zero-order chi connectivity index (χ0) is 18.1. The third-order valence-corrected chi connectivity index (χ3v) is 5.36. The molecule has 4 nitrogen and oxygen atoms in total. The smallest absolute Gasteiger partial charge is 0.339 e. The molecule has 138 valence electrons. The van der Waals surface area contributed by atoms with Gasteiger partial charge in [-0.15, -0.1) is 0 Å². The van der Waals surface area contributed by atoms with Gasteiger partial charge in [-0.3, -0.25) is 9.59 Å². The topological polar surface area (TPSA) is 40.6 Å². The maximum atomic E-state index is 12.9. The van der Waals surface area contributed by atoms with Crippen LogP contribution in [-0.4, -0.2) is 53.0 Å². The Labute approximate surface area is 141 Å². The van der Waals surface area contributed by atoms with Crippen LogP contribution in [0.4, 0.5) is 13.2 Å². The Balaban J connectivity index is 2.09. The van der Waals surface area contributed by atoms with Crippen LogP contribution in [0.3, 0.4) is 0 Å². The Kier molecular flexibility index (Phi) is 5.81. The first-order chi connectivity index (χ1) is 11.1. The van der Waals surface area contributed by atoms with Crippen molar-refractivity contribution in [2.45, 2.75) is 71.1 Å². The van der Waals surface area contributed by atoms with Gasteiger partial charge in [-0.05, 0) is 25.7 Å². The van der Waals surface area contributed by atoms with Gasteiger partial charge in [0.1, 0.15) is 6.54 Å². The monoisotopic (exact) mass is 348 g/mol. The zero-order valence-electron chi connectivity index (χ0n) is 14.6. The van der Waals surface area contributed by atoms with Gasteiger partial charge in [-0.2, -0.15) is 13.2 Å². The minimum Gasteiger partial charge on any atom is -0.339 e. The van der Waals surface area contributed by atoms with Crippen molar-refractivity contribution in [2.75, 3.05) is 13.1 Å². The van der Waals surface area contributed by atoms with Gasteiger partial charge in [0.15, 0.2) is 0 Å². The number of hydrogen-bond donors (Lipinski definition) is 0. The summed E-state index contributed by atoms with van der Waals surface area (Å²) in [6.07, 6.45) is -0.404. The molecule has 1 heterocycles. The van der Waals surface area contributed by atoms with E-state index in [-0.39, 0.29) is 30.8 Å². The Morgan fingerprint density at radius 2 is 1.83 bits per heavy atom. The van der Waals surface area contributed by atoms with E-state index < -0.39 is 30.6 Å². The van der Waals surface area contributed by atoms with E-state index in [0.29, 0.717) is 0 Å². The average molecular weight is 348 g/mol. The van der Waals surface area contributed by atoms with Gasteiger partial charge in [0.2, 0.25) is 11.8 Å². The molecular weight excluding hydrogens is 321 g/mol. The van der Waals surface area contributed by atoms with Gasteiger partial charge in [0, 0.05) is 25.0 Å². The molecular formula is C17H27F3N2O2. The number of alkyl halides is 3. The van der Waals surface area contributed by atoms with Crippen LogP contribution in [-0.2, 0) is 9.59 Å². The second-order valence-electron chi connectivity index (χ2n) is 7.45. The lowest BCUT2D eigenvalue weighted by Gasteiger charge is -2.34. The van der Waals surface area contributed by atoms with Crippen molar-refractivity contribution in [3.05, 3.63) is 0 Å². The molecule has 0 bridgehead atoms. The lowest BCUT2D eigenvalue weighted by Crippen LogP contribution is -2.49. The molecule has 0 aromatic carbocycles. The van der Waals surface area contributed by atoms with Crippen LogP contribution in [0.2, 0.25) is 0 Å². The molecule has 2 fully saturated rings. The van der Waals surface area contributed by atoms with E-state index >= 15 is 0 Å². The molecule has 1 saturated heterocycles. The summed E-state index contributed by atoms with van der Waals surface area (Å²) in [6, 6.07) is -0.358. The molecule has 24 heavy (non-hydrogen) atoms. The molecule has 1 saturated carbocycles. The molecule has 2 aliphatic rings. The average Bonchev–Trinajstić information content (AvgIpc) is 3.11. The summed E-state index contributed by atoms with van der Waals surface area (Å²) in [7, 11) is 0. The predicted octanol–water partition coefficient (Wildman–Crippen LogP) is 3.21. The molecule has 0 radical (unpaired) electrons. The molecule has 7 heteroatoms. The van der Waals surface area contributed by atoms with Gasteiger partial charge < -0.3 is 9.80 Å². The predicted molar refractivity (Wildman–Crippen MR) is 84.1 cm³/mol. The van der Waals surface area contributed by atoms with Crippen molar-refractivity contribution in [1.29, 1.82) is 0 Å². The maximum absolute atomic E-state index is 12.9. The van der Waals surface area contributed by atoms with E-state index in [1.54, 1.807) is 25.7 Å². The summed E-state index contributed by atoms with van der Waals surface area (Å²) >= 11 is 0. The first kappa shape index (κ1) is 19.1. The quantitative estimate of drug-likeness (QED) is 0.765. The molecule has 2 rings (SSSR count). The first-order valence-electron chi connectivity index (χ1n) is 8.77. The summed E-state index contributed by atoms with van der Waals surface area (Å²) in [5.74, 6) is -1.37. The number of halogens is 3. The van der Waals surface area contributed by atoms with Gasteiger partial charge in [0.05, 0.1) is 5.92 Å². The highest BCUT2D eigenvalue weighted by atomic mass is 19.4. The molecule has 0 N–H and O–H groups in total. The standard InChI is InChI=1S/C17H27F3N2O2/c1-11(2)12(3)22(10-17(18,19)20)16(24)13-8-15(23)21(9-13)14-6-4-5-7-14/h11-14H,4-10H2,1-3H3/t12-,13+/m1/s1. The van der Waals surface area contributed by atoms with Crippen molar-refractivity contribution >= 4 is 11.8 Å². The Morgan fingerprint density at radius 1 is 1.25 bits per heavy atom. The summed E-state index contributed by atoms with van der Waals surface area (Å²) in [5, 5.41) is 0. The third-order valence-electron chi connectivity index (χ3n) is 5.36. The second-order valence-corrected chi connectivity index (χ2v) is 7.45. The molecule has 2 amide bonds. The molecule has 2 atom stereocenters. The van der Waals surface area contributed by atoms with Gasteiger partial charge in [0.25, 0.3) is 0 Å². The van der Waals surface area contributed by atoms with Crippen molar-refractivity contribution in [1.82, 2.24) is 9.80 Å². The number of carbonyl (C=O) groups is 2. The lowest BCUT2D eigenvalue weighted by molar-refractivity contribution is -0.169. The molecule has 0 unspecified atom stereocenters. The van der Waals surface area contributed by atoms with E-state index in [4.69, 9.17) is 0 Å². The summed E-state index contributed by atoms with van der Waals surface area (Å²) < 4.78 is 38.7. The summed E-state index contributed by atoms with van der Waals surface area (Å²) in [4.78, 5) is 27.6. The zero-order valence-corrected chi connectivity index (χ0v) is 14.6. The first-order valence-corrected chi connectivity index (χ1v) is 8.77. The number of hydrogen-bond acceptors (Lipinski definition) is 2. The van der Waals surface area contributed by atoms with Crippen LogP contribution in [0.15, 0.2) is 0 Å². The highest BCUT2D eigenvalue weighted by Crippen LogP contribution is 2.31. The van der Waals surface area contributed by atoms with Crippen LogP contribution in [0.25, 0.3) is 0 Å². The van der Waals surface area contributed by atoms with Crippen LogP contribution < -0.4 is 0 Å². The van der Waals surface area contributed by atoms with Gasteiger partial charge in [-0.1, -0.05) is 26.7 Å². The highest BCUT2D eigenvalue weighted by molar-refractivity contribution is 5.89. The molecule has 0 aromatic heterocycles. The van der Waals surface area contributed by atoms with E-state index in [9.17, 15) is 22.8 Å². The third kappa shape index (κ3) is 4.42. The number of rotatable bonds is 5. The van der Waals surface area contributed by atoms with Gasteiger partial charge in [-0.25, -0.2) is 0 Å². The fraction of sp³-hybridized carbons (Fsp3) is 0.882. The van der Waals surface area contributed by atoms with Crippen molar-refractivity contribution in [3.63, 3.8) is 0 Å². The fourth-order valence-corrected chi connectivity index (χ4v) is 3.68. The van der Waals surface area contributed by atoms with E-state index in [0.717, 1.165) is 30.6 Å². The van der Waals surface area contributed by atoms with E-state index in [1.165, 1.54) is 0 Å². The summed E-state index contributed by atoms with van der Waals surface area (Å²) in [5.41, 5.74) is 0. The molecule has 1 aliphatic heterocycles. The Bertz CT molecular complexity index is 473. The van der Waals surface area contributed by atoms with Crippen LogP contribution in [0.1, 0.15) is 52.9 Å². The number of amides is 2. The summed E-state index contributed by atoms with van der Waals surface area (Å²) in [6.45, 7) is 4.25. The number of likely N-dealkylation sites (tertiary alicyclic amines) is 1. The second kappa shape index (κ2) is 7.31. The minimum atomic E-state index is -4.44. The Morgan fingerprint density at radius 3 is 2.33 bits per heavy atom. The van der Waals surface area contributed by atoms with Crippen molar-refractivity contribution < 1.29 is 22.8 Å². The molecule has 0 spiro atoms. The molecule has 0 aromatic rings. The van der Waals surface area contributed by atoms with Crippen molar-refractivity contribution in [2.24, 2.45) is 11.8 Å². The van der Waals surface area contributed by atoms with E-state index in [2.05, 4.69) is 0 Å². The number of carbonyl (C=O) groups excluding carboxylic acids is 2. The van der Waals surface area contributed by atoms with Crippen LogP contribution in [0.5, 0.6) is 0 Å². The van der Waals surface area contributed by atoms with E-state index in [1.807, 2.05) is 0 Å². The van der Waals surface area contributed by atoms with Crippen molar-refractivity contribution in [3.8, 4) is 0 Å². The normalized spacial score (nSPS) is 24.0. The number of nitrogens with zero attached hydrogens (tertiary/aromatic N) is 2. The minimum absolute atomic E-state index is 0.0362. The van der Waals surface area contributed by atoms with Gasteiger partial charge >= 0.3 is 6.18 Å². The SMILES string of the molecule is CC(C)[C@@H](C)N(CC(F)(F)F)C(=O)[C@H]1CC(=O)N(C2CCCC2)C1. The fourth-order valence-electron chi connectivity index (χ4n) is 3.68.